The predicted octanol–water partition coefficient (Wildman–Crippen LogP) is 3.89. The molecular weight excluding hydrogens is 276 g/mol. The van der Waals surface area contributed by atoms with Gasteiger partial charge in [-0.25, -0.2) is 0 Å². The topological polar surface area (TPSA) is 58.0 Å². The molecule has 0 unspecified atom stereocenters. The smallest absolute Gasteiger partial charge is 0.271 e. The van der Waals surface area contributed by atoms with E-state index < -0.39 is 0 Å². The minimum absolute atomic E-state index is 0.128. The molecule has 0 aliphatic heterocycles. The maximum atomic E-state index is 12.3. The van der Waals surface area contributed by atoms with E-state index in [9.17, 15) is 4.79 Å². The van der Waals surface area contributed by atoms with Gasteiger partial charge in [-0.2, -0.15) is 0 Å². The normalized spacial score (nSPS) is 11.1. The van der Waals surface area contributed by atoms with Crippen LogP contribution in [0.15, 0.2) is 70.1 Å². The van der Waals surface area contributed by atoms with Crippen molar-refractivity contribution in [2.45, 2.75) is 6.54 Å². The zero-order chi connectivity index (χ0) is 14.9. The van der Waals surface area contributed by atoms with Crippen molar-refractivity contribution in [2.24, 2.45) is 0 Å². The summed E-state index contributed by atoms with van der Waals surface area (Å²) in [6.45, 7) is 0.614. The molecule has 0 spiro atoms. The highest BCUT2D eigenvalue weighted by molar-refractivity contribution is 6.03. The average molecular weight is 290 g/mol. The number of anilines is 1. The number of furan rings is 1. The monoisotopic (exact) mass is 290 g/mol. The van der Waals surface area contributed by atoms with Gasteiger partial charge in [-0.3, -0.25) is 4.79 Å². The SMILES string of the molecule is O=c1[nH]c2c(ccc3occc32)cc1NCc1ccccc1. The molecule has 4 nitrogen and oxygen atoms in total. The molecule has 0 bridgehead atoms. The van der Waals surface area contributed by atoms with Crippen LogP contribution < -0.4 is 10.9 Å². The van der Waals surface area contributed by atoms with Gasteiger partial charge in [0.05, 0.1) is 11.8 Å². The Bertz CT molecular complexity index is 1000. The molecule has 0 saturated carbocycles. The fourth-order valence-electron chi connectivity index (χ4n) is 2.65. The molecular formula is C18H14N2O2. The van der Waals surface area contributed by atoms with Crippen LogP contribution in [-0.2, 0) is 6.54 Å². The summed E-state index contributed by atoms with van der Waals surface area (Å²) in [7, 11) is 0. The van der Waals surface area contributed by atoms with Gasteiger partial charge in [-0.1, -0.05) is 30.3 Å². The highest BCUT2D eigenvalue weighted by Gasteiger charge is 2.07. The average Bonchev–Trinajstić information content (AvgIpc) is 3.03. The lowest BCUT2D eigenvalue weighted by atomic mass is 10.1. The molecule has 22 heavy (non-hydrogen) atoms. The summed E-state index contributed by atoms with van der Waals surface area (Å²) in [5.41, 5.74) is 3.15. The van der Waals surface area contributed by atoms with E-state index in [0.29, 0.717) is 12.2 Å². The summed E-state index contributed by atoms with van der Waals surface area (Å²) >= 11 is 0. The van der Waals surface area contributed by atoms with Crippen LogP contribution >= 0.6 is 0 Å². The number of benzene rings is 2. The van der Waals surface area contributed by atoms with Crippen LogP contribution in [0.3, 0.4) is 0 Å². The molecule has 2 heterocycles. The van der Waals surface area contributed by atoms with Gasteiger partial charge >= 0.3 is 0 Å². The molecule has 0 atom stereocenters. The number of fused-ring (bicyclic) bond motifs is 3. The van der Waals surface area contributed by atoms with Crippen LogP contribution in [0, 0.1) is 0 Å². The lowest BCUT2D eigenvalue weighted by Gasteiger charge is -2.07. The minimum Gasteiger partial charge on any atom is -0.464 e. The number of aromatic nitrogens is 1. The fourth-order valence-corrected chi connectivity index (χ4v) is 2.65. The molecule has 0 amide bonds. The Hall–Kier alpha value is -3.01. The number of hydrogen-bond acceptors (Lipinski definition) is 3. The Morgan fingerprint density at radius 2 is 1.91 bits per heavy atom. The van der Waals surface area contributed by atoms with Crippen LogP contribution in [0.2, 0.25) is 0 Å². The predicted molar refractivity (Wildman–Crippen MR) is 88.1 cm³/mol. The molecule has 4 aromatic rings. The molecule has 4 heteroatoms. The van der Waals surface area contributed by atoms with Crippen LogP contribution in [0.5, 0.6) is 0 Å². The number of nitrogens with one attached hydrogen (secondary N) is 2. The summed E-state index contributed by atoms with van der Waals surface area (Å²) in [5.74, 6) is 0. The highest BCUT2D eigenvalue weighted by atomic mass is 16.3. The number of H-pyrrole nitrogens is 1. The van der Waals surface area contributed by atoms with Crippen molar-refractivity contribution in [1.82, 2.24) is 4.98 Å². The molecule has 0 aliphatic carbocycles. The van der Waals surface area contributed by atoms with E-state index in [1.165, 1.54) is 0 Å². The second kappa shape index (κ2) is 5.07. The molecule has 4 rings (SSSR count). The van der Waals surface area contributed by atoms with E-state index in [0.717, 1.165) is 27.4 Å². The Kier molecular flexibility index (Phi) is 2.93. The van der Waals surface area contributed by atoms with Crippen LogP contribution in [0.1, 0.15) is 5.56 Å². The van der Waals surface area contributed by atoms with Gasteiger partial charge in [0.25, 0.3) is 5.56 Å². The summed E-state index contributed by atoms with van der Waals surface area (Å²) < 4.78 is 5.36. The Morgan fingerprint density at radius 1 is 1.05 bits per heavy atom. The standard InChI is InChI=1S/C18H14N2O2/c21-18-15(19-11-12-4-2-1-3-5-12)10-13-6-7-16-14(8-9-22-16)17(13)20-18/h1-10,19H,11H2,(H,20,21). The molecule has 0 aliphatic rings. The number of rotatable bonds is 3. The van der Waals surface area contributed by atoms with Gasteiger partial charge in [-0.05, 0) is 29.8 Å². The Labute approximate surface area is 126 Å². The first kappa shape index (κ1) is 12.7. The zero-order valence-electron chi connectivity index (χ0n) is 11.8. The van der Waals surface area contributed by atoms with E-state index in [2.05, 4.69) is 10.3 Å². The maximum Gasteiger partial charge on any atom is 0.271 e. The summed E-state index contributed by atoms with van der Waals surface area (Å²) in [5, 5.41) is 5.09. The van der Waals surface area contributed by atoms with Crippen molar-refractivity contribution in [3.05, 3.63) is 76.8 Å². The first-order valence-electron chi connectivity index (χ1n) is 7.12. The van der Waals surface area contributed by atoms with Gasteiger partial charge in [0.1, 0.15) is 11.3 Å². The summed E-state index contributed by atoms with van der Waals surface area (Å²) in [4.78, 5) is 15.2. The van der Waals surface area contributed by atoms with E-state index in [1.807, 2.05) is 54.6 Å². The van der Waals surface area contributed by atoms with Gasteiger partial charge < -0.3 is 14.7 Å². The van der Waals surface area contributed by atoms with Crippen molar-refractivity contribution in [2.75, 3.05) is 5.32 Å². The molecule has 0 saturated heterocycles. The van der Waals surface area contributed by atoms with Gasteiger partial charge in [-0.15, -0.1) is 0 Å². The second-order valence-corrected chi connectivity index (χ2v) is 5.21. The third-order valence-electron chi connectivity index (χ3n) is 3.78. The molecule has 108 valence electrons. The highest BCUT2D eigenvalue weighted by Crippen LogP contribution is 2.24. The van der Waals surface area contributed by atoms with Crippen molar-refractivity contribution in [3.63, 3.8) is 0 Å². The molecule has 0 fully saturated rings. The van der Waals surface area contributed by atoms with Crippen molar-refractivity contribution < 1.29 is 4.42 Å². The van der Waals surface area contributed by atoms with Crippen molar-refractivity contribution >= 4 is 27.6 Å². The maximum absolute atomic E-state index is 12.3. The lowest BCUT2D eigenvalue weighted by Crippen LogP contribution is -2.13. The first-order chi connectivity index (χ1) is 10.8. The summed E-state index contributed by atoms with van der Waals surface area (Å²) in [6, 6.07) is 17.6. The van der Waals surface area contributed by atoms with Crippen LogP contribution in [0.25, 0.3) is 21.9 Å². The quantitative estimate of drug-likeness (QED) is 0.602. The molecule has 0 radical (unpaired) electrons. The minimum atomic E-state index is -0.128. The van der Waals surface area contributed by atoms with Crippen LogP contribution in [0.4, 0.5) is 5.69 Å². The zero-order valence-corrected chi connectivity index (χ0v) is 11.8. The molecule has 2 aromatic heterocycles. The van der Waals surface area contributed by atoms with E-state index in [4.69, 9.17) is 4.42 Å². The summed E-state index contributed by atoms with van der Waals surface area (Å²) in [6.07, 6.45) is 1.63. The Morgan fingerprint density at radius 3 is 2.77 bits per heavy atom. The number of aromatic amines is 1. The molecule has 2 aromatic carbocycles. The van der Waals surface area contributed by atoms with Gasteiger partial charge in [0.2, 0.25) is 0 Å². The van der Waals surface area contributed by atoms with E-state index >= 15 is 0 Å². The van der Waals surface area contributed by atoms with Crippen LogP contribution in [-0.4, -0.2) is 4.98 Å². The first-order valence-corrected chi connectivity index (χ1v) is 7.12. The van der Waals surface area contributed by atoms with Crippen molar-refractivity contribution in [3.8, 4) is 0 Å². The number of pyridine rings is 1. The molecule has 2 N–H and O–H groups in total. The van der Waals surface area contributed by atoms with Gasteiger partial charge in [0, 0.05) is 17.3 Å². The van der Waals surface area contributed by atoms with E-state index in [1.54, 1.807) is 6.26 Å². The third kappa shape index (κ3) is 2.15. The third-order valence-corrected chi connectivity index (χ3v) is 3.78. The number of hydrogen-bond donors (Lipinski definition) is 2. The fraction of sp³-hybridized carbons (Fsp3) is 0.0556. The van der Waals surface area contributed by atoms with E-state index in [-0.39, 0.29) is 5.56 Å². The van der Waals surface area contributed by atoms with Crippen molar-refractivity contribution in [1.29, 1.82) is 0 Å². The second-order valence-electron chi connectivity index (χ2n) is 5.21. The lowest BCUT2D eigenvalue weighted by molar-refractivity contribution is 0.616. The largest absolute Gasteiger partial charge is 0.464 e. The van der Waals surface area contributed by atoms with Gasteiger partial charge in [0.15, 0.2) is 0 Å². The Balaban J connectivity index is 1.74.